The second kappa shape index (κ2) is 4.58. The van der Waals surface area contributed by atoms with Crippen molar-refractivity contribution in [2.75, 3.05) is 5.33 Å². The third kappa shape index (κ3) is 2.14. The Morgan fingerprint density at radius 3 is 2.62 bits per heavy atom. The molecule has 1 aliphatic rings. The quantitative estimate of drug-likeness (QED) is 0.615. The van der Waals surface area contributed by atoms with Crippen LogP contribution in [-0.4, -0.2) is 11.3 Å². The summed E-state index contributed by atoms with van der Waals surface area (Å²) in [6.07, 6.45) is 2.34. The number of esters is 1. The second-order valence-electron chi connectivity index (χ2n) is 4.32. The molecule has 0 unspecified atom stereocenters. The molecule has 2 rings (SSSR count). The Labute approximate surface area is 104 Å². The van der Waals surface area contributed by atoms with Crippen molar-refractivity contribution in [3.8, 4) is 0 Å². The molecule has 1 saturated heterocycles. The molecule has 0 saturated carbocycles. The van der Waals surface area contributed by atoms with Gasteiger partial charge in [-0.3, -0.25) is 4.79 Å². The van der Waals surface area contributed by atoms with Gasteiger partial charge >= 0.3 is 5.97 Å². The zero-order chi connectivity index (χ0) is 11.6. The van der Waals surface area contributed by atoms with Gasteiger partial charge in [-0.1, -0.05) is 45.8 Å². The smallest absolute Gasteiger partial charge is 0.306 e. The third-order valence-electron chi connectivity index (χ3n) is 3.06. The van der Waals surface area contributed by atoms with Gasteiger partial charge in [0.25, 0.3) is 0 Å². The van der Waals surface area contributed by atoms with Crippen LogP contribution < -0.4 is 0 Å². The zero-order valence-electron chi connectivity index (χ0n) is 9.33. The highest BCUT2D eigenvalue weighted by Crippen LogP contribution is 2.37. The minimum atomic E-state index is -0.455. The maximum absolute atomic E-state index is 11.4. The molecule has 3 heteroatoms. The molecule has 1 heterocycles. The summed E-state index contributed by atoms with van der Waals surface area (Å²) >= 11 is 3.47. The van der Waals surface area contributed by atoms with Gasteiger partial charge in [0.15, 0.2) is 0 Å². The highest BCUT2D eigenvalue weighted by Gasteiger charge is 2.38. The molecule has 1 atom stereocenters. The fraction of sp³-hybridized carbons (Fsp3) is 0.462. The van der Waals surface area contributed by atoms with Crippen molar-refractivity contribution in [2.24, 2.45) is 0 Å². The minimum absolute atomic E-state index is 0.0914. The van der Waals surface area contributed by atoms with Gasteiger partial charge in [-0.2, -0.15) is 0 Å². The Balaban J connectivity index is 2.33. The van der Waals surface area contributed by atoms with Gasteiger partial charge in [-0.15, -0.1) is 0 Å². The molecule has 0 bridgehead atoms. The van der Waals surface area contributed by atoms with Gasteiger partial charge in [0.1, 0.15) is 5.60 Å². The summed E-state index contributed by atoms with van der Waals surface area (Å²) in [5.41, 5.74) is 1.85. The number of cyclic esters (lactones) is 1. The highest BCUT2D eigenvalue weighted by molar-refractivity contribution is 9.09. The average molecular weight is 283 g/mol. The Bertz CT molecular complexity index is 385. The Kier molecular flexibility index (Phi) is 3.33. The van der Waals surface area contributed by atoms with Gasteiger partial charge in [-0.05, 0) is 25.3 Å². The summed E-state index contributed by atoms with van der Waals surface area (Å²) in [5, 5.41) is 0.662. The van der Waals surface area contributed by atoms with Gasteiger partial charge in [0, 0.05) is 11.8 Å². The molecular weight excluding hydrogens is 268 g/mol. The van der Waals surface area contributed by atoms with E-state index in [0.717, 1.165) is 18.4 Å². The number of aryl methyl sites for hydroxylation is 1. The van der Waals surface area contributed by atoms with Crippen LogP contribution in [0.4, 0.5) is 0 Å². The number of alkyl halides is 1. The molecule has 2 nitrogen and oxygen atoms in total. The third-order valence-corrected chi connectivity index (χ3v) is 3.97. The van der Waals surface area contributed by atoms with Crippen LogP contribution in [0.1, 0.15) is 30.4 Å². The van der Waals surface area contributed by atoms with Crippen LogP contribution in [0.25, 0.3) is 0 Å². The first-order valence-electron chi connectivity index (χ1n) is 5.51. The van der Waals surface area contributed by atoms with E-state index in [4.69, 9.17) is 4.74 Å². The number of carbonyl (C=O) groups excluding carboxylic acids is 1. The molecule has 86 valence electrons. The first-order valence-corrected chi connectivity index (χ1v) is 6.63. The van der Waals surface area contributed by atoms with E-state index in [1.807, 2.05) is 0 Å². The summed E-state index contributed by atoms with van der Waals surface area (Å²) in [4.78, 5) is 11.4. The van der Waals surface area contributed by atoms with Gasteiger partial charge in [0.2, 0.25) is 0 Å². The Hall–Kier alpha value is -0.830. The molecule has 16 heavy (non-hydrogen) atoms. The molecule has 0 aliphatic carbocycles. The van der Waals surface area contributed by atoms with E-state index in [0.29, 0.717) is 11.8 Å². The van der Waals surface area contributed by atoms with E-state index in [-0.39, 0.29) is 5.97 Å². The van der Waals surface area contributed by atoms with E-state index in [1.165, 1.54) is 5.56 Å². The fourth-order valence-electron chi connectivity index (χ4n) is 2.07. The van der Waals surface area contributed by atoms with E-state index in [9.17, 15) is 4.79 Å². The molecule has 1 fully saturated rings. The van der Waals surface area contributed by atoms with Gasteiger partial charge in [0.05, 0.1) is 0 Å². The maximum Gasteiger partial charge on any atom is 0.306 e. The van der Waals surface area contributed by atoms with E-state index in [1.54, 1.807) is 0 Å². The SMILES string of the molecule is Cc1ccc([C@]2(CBr)CCCC(=O)O2)cc1. The maximum atomic E-state index is 11.4. The van der Waals surface area contributed by atoms with Crippen molar-refractivity contribution in [1.82, 2.24) is 0 Å². The van der Waals surface area contributed by atoms with Gasteiger partial charge in [-0.25, -0.2) is 0 Å². The first-order chi connectivity index (χ1) is 7.66. The lowest BCUT2D eigenvalue weighted by Crippen LogP contribution is -2.37. The normalized spacial score (nSPS) is 25.2. The van der Waals surface area contributed by atoms with Crippen molar-refractivity contribution >= 4 is 21.9 Å². The van der Waals surface area contributed by atoms with Gasteiger partial charge < -0.3 is 4.74 Å². The first kappa shape index (κ1) is 11.6. The summed E-state index contributed by atoms with van der Waals surface area (Å²) in [7, 11) is 0. The highest BCUT2D eigenvalue weighted by atomic mass is 79.9. The summed E-state index contributed by atoms with van der Waals surface area (Å²) in [5.74, 6) is -0.0914. The topological polar surface area (TPSA) is 26.3 Å². The van der Waals surface area contributed by atoms with Crippen LogP contribution in [0.5, 0.6) is 0 Å². The molecule has 1 aromatic rings. The lowest BCUT2D eigenvalue weighted by Gasteiger charge is -2.35. The second-order valence-corrected chi connectivity index (χ2v) is 4.88. The monoisotopic (exact) mass is 282 g/mol. The molecule has 0 aromatic heterocycles. The predicted octanol–water partition coefficient (Wildman–Crippen LogP) is 3.31. The van der Waals surface area contributed by atoms with Crippen molar-refractivity contribution in [3.63, 3.8) is 0 Å². The number of halogens is 1. The standard InChI is InChI=1S/C13H15BrO2/c1-10-4-6-11(7-5-10)13(9-14)8-2-3-12(15)16-13/h4-7H,2-3,8-9H2,1H3/t13-/m1/s1. The zero-order valence-corrected chi connectivity index (χ0v) is 10.9. The Morgan fingerprint density at radius 2 is 2.06 bits per heavy atom. The van der Waals surface area contributed by atoms with E-state index >= 15 is 0 Å². The number of benzene rings is 1. The van der Waals surface area contributed by atoms with Crippen LogP contribution in [0.2, 0.25) is 0 Å². The van der Waals surface area contributed by atoms with Crippen molar-refractivity contribution < 1.29 is 9.53 Å². The molecule has 0 N–H and O–H groups in total. The molecule has 0 amide bonds. The molecule has 1 aromatic carbocycles. The lowest BCUT2D eigenvalue weighted by atomic mass is 9.88. The number of carbonyl (C=O) groups is 1. The molecular formula is C13H15BrO2. The average Bonchev–Trinajstić information content (AvgIpc) is 2.29. The van der Waals surface area contributed by atoms with Crippen LogP contribution in [0.3, 0.4) is 0 Å². The number of ether oxygens (including phenoxy) is 1. The molecule has 0 spiro atoms. The van der Waals surface area contributed by atoms with Crippen molar-refractivity contribution in [1.29, 1.82) is 0 Å². The molecule has 1 aliphatic heterocycles. The van der Waals surface area contributed by atoms with Crippen molar-refractivity contribution in [2.45, 2.75) is 31.8 Å². The summed E-state index contributed by atoms with van der Waals surface area (Å²) < 4.78 is 5.56. The lowest BCUT2D eigenvalue weighted by molar-refractivity contribution is -0.165. The van der Waals surface area contributed by atoms with Crippen LogP contribution in [0, 0.1) is 6.92 Å². The van der Waals surface area contributed by atoms with Crippen LogP contribution in [0.15, 0.2) is 24.3 Å². The predicted molar refractivity (Wildman–Crippen MR) is 66.6 cm³/mol. The van der Waals surface area contributed by atoms with Crippen LogP contribution >= 0.6 is 15.9 Å². The van der Waals surface area contributed by atoms with Crippen molar-refractivity contribution in [3.05, 3.63) is 35.4 Å². The number of hydrogen-bond acceptors (Lipinski definition) is 2. The molecule has 0 radical (unpaired) electrons. The fourth-order valence-corrected chi connectivity index (χ4v) is 2.79. The Morgan fingerprint density at radius 1 is 1.38 bits per heavy atom. The van der Waals surface area contributed by atoms with E-state index < -0.39 is 5.60 Å². The number of rotatable bonds is 2. The minimum Gasteiger partial charge on any atom is -0.453 e. The van der Waals surface area contributed by atoms with Crippen LogP contribution in [-0.2, 0) is 15.1 Å². The largest absolute Gasteiger partial charge is 0.453 e. The summed E-state index contributed by atoms with van der Waals surface area (Å²) in [6.45, 7) is 2.05. The summed E-state index contributed by atoms with van der Waals surface area (Å²) in [6, 6.07) is 8.22. The van der Waals surface area contributed by atoms with E-state index in [2.05, 4.69) is 47.1 Å². The number of hydrogen-bond donors (Lipinski definition) is 0.